The fraction of sp³-hybridized carbons (Fsp3) is 0.462. The number of hydrogen-bond acceptors (Lipinski definition) is 3. The van der Waals surface area contributed by atoms with E-state index in [0.717, 1.165) is 19.5 Å². The minimum Gasteiger partial charge on any atom is -0.324 e. The molecule has 0 aliphatic rings. The largest absolute Gasteiger partial charge is 0.324 e. The van der Waals surface area contributed by atoms with Crippen LogP contribution in [0.5, 0.6) is 0 Å². The summed E-state index contributed by atoms with van der Waals surface area (Å²) in [6, 6.07) is 5.16. The van der Waals surface area contributed by atoms with Crippen molar-refractivity contribution >= 4 is 34.8 Å². The van der Waals surface area contributed by atoms with E-state index in [1.165, 1.54) is 0 Å². The number of benzene rings is 1. The first kappa shape index (κ1) is 16.2. The first-order valence-corrected chi connectivity index (χ1v) is 6.87. The molecule has 6 heteroatoms. The van der Waals surface area contributed by atoms with E-state index < -0.39 is 0 Å². The molecular weight excluding hydrogens is 285 g/mol. The van der Waals surface area contributed by atoms with Crippen LogP contribution >= 0.6 is 23.2 Å². The van der Waals surface area contributed by atoms with Crippen molar-refractivity contribution < 1.29 is 4.79 Å². The van der Waals surface area contributed by atoms with Crippen LogP contribution in [0.25, 0.3) is 0 Å². The lowest BCUT2D eigenvalue weighted by Gasteiger charge is -2.16. The summed E-state index contributed by atoms with van der Waals surface area (Å²) >= 11 is 11.9. The predicted octanol–water partition coefficient (Wildman–Crippen LogP) is 2.47. The normalized spacial score (nSPS) is 10.8. The highest BCUT2D eigenvalue weighted by atomic mass is 35.5. The van der Waals surface area contributed by atoms with Crippen LogP contribution in [0.1, 0.15) is 6.42 Å². The molecular formula is C13H19Cl2N3O. The molecule has 19 heavy (non-hydrogen) atoms. The van der Waals surface area contributed by atoms with Gasteiger partial charge >= 0.3 is 0 Å². The Kier molecular flexibility index (Phi) is 7.16. The monoisotopic (exact) mass is 303 g/mol. The van der Waals surface area contributed by atoms with Gasteiger partial charge in [0.25, 0.3) is 0 Å². The summed E-state index contributed by atoms with van der Waals surface area (Å²) in [5, 5.41) is 6.63. The molecule has 1 amide bonds. The molecule has 0 aliphatic heterocycles. The van der Waals surface area contributed by atoms with Crippen molar-refractivity contribution in [3.8, 4) is 0 Å². The molecule has 1 rings (SSSR count). The van der Waals surface area contributed by atoms with E-state index in [4.69, 9.17) is 23.2 Å². The molecule has 4 nitrogen and oxygen atoms in total. The van der Waals surface area contributed by atoms with E-state index in [0.29, 0.717) is 22.3 Å². The van der Waals surface area contributed by atoms with Gasteiger partial charge in [-0.2, -0.15) is 0 Å². The molecule has 106 valence electrons. The molecule has 2 N–H and O–H groups in total. The Labute approximate surface area is 124 Å². The molecule has 0 fully saturated rings. The van der Waals surface area contributed by atoms with Crippen LogP contribution in [0, 0.1) is 0 Å². The van der Waals surface area contributed by atoms with Crippen molar-refractivity contribution in [2.45, 2.75) is 6.42 Å². The van der Waals surface area contributed by atoms with Gasteiger partial charge < -0.3 is 10.6 Å². The number of nitrogens with zero attached hydrogens (tertiary/aromatic N) is 1. The molecule has 0 aromatic heterocycles. The first-order chi connectivity index (χ1) is 9.04. The maximum atomic E-state index is 11.8. The lowest BCUT2D eigenvalue weighted by Crippen LogP contribution is -2.32. The Balaban J connectivity index is 2.44. The van der Waals surface area contributed by atoms with Crippen molar-refractivity contribution in [2.24, 2.45) is 0 Å². The highest BCUT2D eigenvalue weighted by molar-refractivity contribution is 6.43. The Morgan fingerprint density at radius 2 is 2.11 bits per heavy atom. The number of anilines is 1. The predicted molar refractivity (Wildman–Crippen MR) is 81.1 cm³/mol. The van der Waals surface area contributed by atoms with Gasteiger partial charge in [0.1, 0.15) is 0 Å². The maximum absolute atomic E-state index is 11.8. The third-order valence-electron chi connectivity index (χ3n) is 2.61. The van der Waals surface area contributed by atoms with Gasteiger partial charge in [-0.1, -0.05) is 29.3 Å². The van der Waals surface area contributed by atoms with Crippen LogP contribution in [0.15, 0.2) is 18.2 Å². The number of likely N-dealkylation sites (N-methyl/N-ethyl adjacent to an activating group) is 1. The molecule has 0 spiro atoms. The van der Waals surface area contributed by atoms with Crippen molar-refractivity contribution in [1.82, 2.24) is 10.2 Å². The van der Waals surface area contributed by atoms with E-state index in [-0.39, 0.29) is 5.91 Å². The second-order valence-electron chi connectivity index (χ2n) is 4.34. The van der Waals surface area contributed by atoms with Gasteiger partial charge in [-0.25, -0.2) is 0 Å². The number of rotatable bonds is 7. The molecule has 0 atom stereocenters. The maximum Gasteiger partial charge on any atom is 0.238 e. The average molecular weight is 304 g/mol. The Hall–Kier alpha value is -0.810. The molecule has 0 saturated carbocycles. The van der Waals surface area contributed by atoms with Gasteiger partial charge in [-0.15, -0.1) is 0 Å². The molecule has 0 radical (unpaired) electrons. The standard InChI is InChI=1S/C13H19Cl2N3O/c1-16-7-4-8-18(2)9-12(19)17-11-6-3-5-10(14)13(11)15/h3,5-6,16H,4,7-9H2,1-2H3,(H,17,19). The molecule has 0 unspecified atom stereocenters. The third-order valence-corrected chi connectivity index (χ3v) is 3.42. The SMILES string of the molecule is CNCCCN(C)CC(=O)Nc1cccc(Cl)c1Cl. The van der Waals surface area contributed by atoms with Crippen LogP contribution in [0.2, 0.25) is 10.0 Å². The number of carbonyl (C=O) groups is 1. The van der Waals surface area contributed by atoms with Gasteiger partial charge in [0.05, 0.1) is 22.3 Å². The van der Waals surface area contributed by atoms with E-state index in [1.54, 1.807) is 18.2 Å². The molecule has 0 saturated heterocycles. The van der Waals surface area contributed by atoms with E-state index in [9.17, 15) is 4.79 Å². The Morgan fingerprint density at radius 1 is 1.37 bits per heavy atom. The minimum absolute atomic E-state index is 0.101. The Bertz CT molecular complexity index is 426. The quantitative estimate of drug-likeness (QED) is 0.761. The summed E-state index contributed by atoms with van der Waals surface area (Å²) in [6.07, 6.45) is 0.998. The number of nitrogens with one attached hydrogen (secondary N) is 2. The van der Waals surface area contributed by atoms with Crippen molar-refractivity contribution in [2.75, 3.05) is 39.0 Å². The summed E-state index contributed by atoms with van der Waals surface area (Å²) in [4.78, 5) is 13.8. The van der Waals surface area contributed by atoms with Crippen LogP contribution < -0.4 is 10.6 Å². The zero-order valence-electron chi connectivity index (χ0n) is 11.2. The summed E-state index contributed by atoms with van der Waals surface area (Å²) in [5.74, 6) is -0.101. The molecule has 1 aromatic carbocycles. The smallest absolute Gasteiger partial charge is 0.238 e. The minimum atomic E-state index is -0.101. The molecule has 0 heterocycles. The Morgan fingerprint density at radius 3 is 2.79 bits per heavy atom. The first-order valence-electron chi connectivity index (χ1n) is 6.11. The summed E-state index contributed by atoms with van der Waals surface area (Å²) in [5.41, 5.74) is 0.544. The van der Waals surface area contributed by atoms with Gasteiger partial charge in [0, 0.05) is 0 Å². The summed E-state index contributed by atoms with van der Waals surface area (Å²) in [7, 11) is 3.82. The molecule has 0 bridgehead atoms. The number of amides is 1. The van der Waals surface area contributed by atoms with Crippen molar-refractivity contribution in [3.05, 3.63) is 28.2 Å². The average Bonchev–Trinajstić information content (AvgIpc) is 2.35. The van der Waals surface area contributed by atoms with Gasteiger partial charge in [-0.05, 0) is 45.7 Å². The fourth-order valence-electron chi connectivity index (χ4n) is 1.64. The summed E-state index contributed by atoms with van der Waals surface area (Å²) in [6.45, 7) is 2.12. The van der Waals surface area contributed by atoms with Crippen LogP contribution in [-0.2, 0) is 4.79 Å². The van der Waals surface area contributed by atoms with Crippen molar-refractivity contribution in [1.29, 1.82) is 0 Å². The van der Waals surface area contributed by atoms with E-state index >= 15 is 0 Å². The second kappa shape index (κ2) is 8.38. The van der Waals surface area contributed by atoms with Gasteiger partial charge in [-0.3, -0.25) is 9.69 Å². The van der Waals surface area contributed by atoms with E-state index in [1.807, 2.05) is 19.0 Å². The van der Waals surface area contributed by atoms with Gasteiger partial charge in [0.15, 0.2) is 0 Å². The summed E-state index contributed by atoms with van der Waals surface area (Å²) < 4.78 is 0. The van der Waals surface area contributed by atoms with Crippen LogP contribution in [-0.4, -0.2) is 44.5 Å². The number of hydrogen-bond donors (Lipinski definition) is 2. The lowest BCUT2D eigenvalue weighted by atomic mass is 10.3. The zero-order valence-corrected chi connectivity index (χ0v) is 12.7. The van der Waals surface area contributed by atoms with Crippen LogP contribution in [0.4, 0.5) is 5.69 Å². The van der Waals surface area contributed by atoms with Crippen LogP contribution in [0.3, 0.4) is 0 Å². The number of halogens is 2. The molecule has 0 aliphatic carbocycles. The highest BCUT2D eigenvalue weighted by Crippen LogP contribution is 2.29. The highest BCUT2D eigenvalue weighted by Gasteiger charge is 2.10. The van der Waals surface area contributed by atoms with Gasteiger partial charge in [0.2, 0.25) is 5.91 Å². The fourth-order valence-corrected chi connectivity index (χ4v) is 1.99. The zero-order chi connectivity index (χ0) is 14.3. The number of carbonyl (C=O) groups excluding carboxylic acids is 1. The topological polar surface area (TPSA) is 44.4 Å². The second-order valence-corrected chi connectivity index (χ2v) is 5.13. The van der Waals surface area contributed by atoms with E-state index in [2.05, 4.69) is 10.6 Å². The van der Waals surface area contributed by atoms with Crippen molar-refractivity contribution in [3.63, 3.8) is 0 Å². The lowest BCUT2D eigenvalue weighted by molar-refractivity contribution is -0.117. The third kappa shape index (κ3) is 5.78. The molecule has 1 aromatic rings.